The average molecular weight is 140 g/mol. The molecule has 0 amide bonds. The third kappa shape index (κ3) is 6.04. The number of rotatable bonds is 3. The van der Waals surface area contributed by atoms with Gasteiger partial charge in [0.15, 0.2) is 9.04 Å². The summed E-state index contributed by atoms with van der Waals surface area (Å²) in [5.41, 5.74) is 0. The summed E-state index contributed by atoms with van der Waals surface area (Å²) in [6.07, 6.45) is -2.30. The van der Waals surface area contributed by atoms with Crippen molar-refractivity contribution < 1.29 is 13.2 Å². The van der Waals surface area contributed by atoms with Crippen molar-refractivity contribution in [3.63, 3.8) is 0 Å². The zero-order valence-corrected chi connectivity index (χ0v) is 6.18. The molecular formula is C4H10F2OSi. The zero-order chi connectivity index (χ0) is 6.57. The molecule has 8 heavy (non-hydrogen) atoms. The van der Waals surface area contributed by atoms with E-state index < -0.39 is 15.5 Å². The molecule has 0 aromatic heterocycles. The van der Waals surface area contributed by atoms with E-state index in [4.69, 9.17) is 4.43 Å². The van der Waals surface area contributed by atoms with Crippen molar-refractivity contribution in [3.8, 4) is 0 Å². The summed E-state index contributed by atoms with van der Waals surface area (Å²) in [6.45, 7) is 3.34. The number of alkyl halides is 2. The quantitative estimate of drug-likeness (QED) is 0.536. The summed E-state index contributed by atoms with van der Waals surface area (Å²) in [7, 11) is -1.21. The van der Waals surface area contributed by atoms with Gasteiger partial charge in [0.05, 0.1) is 6.61 Å². The van der Waals surface area contributed by atoms with E-state index in [1.54, 1.807) is 0 Å². The van der Waals surface area contributed by atoms with Crippen LogP contribution in [0.4, 0.5) is 8.78 Å². The van der Waals surface area contributed by atoms with E-state index in [0.717, 1.165) is 0 Å². The Morgan fingerprint density at radius 3 is 2.12 bits per heavy atom. The first-order valence-electron chi connectivity index (χ1n) is 2.52. The molecule has 0 radical (unpaired) electrons. The summed E-state index contributed by atoms with van der Waals surface area (Å²) in [5, 5.41) is 0. The van der Waals surface area contributed by atoms with Gasteiger partial charge in [0, 0.05) is 0 Å². The summed E-state index contributed by atoms with van der Waals surface area (Å²) in [5.74, 6) is 0. The lowest BCUT2D eigenvalue weighted by atomic mass is 10.8. The van der Waals surface area contributed by atoms with Gasteiger partial charge in [-0.3, -0.25) is 0 Å². The van der Waals surface area contributed by atoms with Crippen molar-refractivity contribution in [2.24, 2.45) is 0 Å². The van der Waals surface area contributed by atoms with E-state index in [1.165, 1.54) is 0 Å². The van der Waals surface area contributed by atoms with Crippen LogP contribution in [-0.4, -0.2) is 22.1 Å². The van der Waals surface area contributed by atoms with Crippen LogP contribution in [0.15, 0.2) is 0 Å². The molecule has 0 aromatic rings. The first-order valence-corrected chi connectivity index (χ1v) is 5.30. The lowest BCUT2D eigenvalue weighted by Gasteiger charge is -2.03. The highest BCUT2D eigenvalue weighted by atomic mass is 28.3. The highest BCUT2D eigenvalue weighted by Gasteiger charge is 2.02. The van der Waals surface area contributed by atoms with Gasteiger partial charge in [-0.05, 0) is 13.1 Å². The average Bonchev–Trinajstić information content (AvgIpc) is 1.61. The molecule has 1 nitrogen and oxygen atoms in total. The molecule has 0 saturated carbocycles. The molecule has 0 spiro atoms. The first-order chi connectivity index (χ1) is 3.63. The third-order valence-electron chi connectivity index (χ3n) is 0.556. The predicted octanol–water partition coefficient (Wildman–Crippen LogP) is 1.25. The Morgan fingerprint density at radius 1 is 1.50 bits per heavy atom. The second kappa shape index (κ2) is 3.97. The zero-order valence-electron chi connectivity index (χ0n) is 5.03. The second-order valence-electron chi connectivity index (χ2n) is 1.77. The molecule has 0 saturated heterocycles. The molecular weight excluding hydrogens is 130 g/mol. The standard InChI is InChI=1S/C4H10F2OSi/c1-8(2)7-3-4(5)6/h4,8H,3H2,1-2H3. The first kappa shape index (κ1) is 8.04. The van der Waals surface area contributed by atoms with Gasteiger partial charge in [-0.25, -0.2) is 8.78 Å². The number of halogens is 2. The highest BCUT2D eigenvalue weighted by Crippen LogP contribution is 1.93. The fourth-order valence-corrected chi connectivity index (χ4v) is 0.796. The minimum atomic E-state index is -2.30. The van der Waals surface area contributed by atoms with Gasteiger partial charge in [-0.15, -0.1) is 0 Å². The largest absolute Gasteiger partial charge is 0.415 e. The Balaban J connectivity index is 2.93. The van der Waals surface area contributed by atoms with Gasteiger partial charge >= 0.3 is 0 Å². The number of hydrogen-bond acceptors (Lipinski definition) is 1. The van der Waals surface area contributed by atoms with Gasteiger partial charge < -0.3 is 4.43 Å². The molecule has 0 heterocycles. The van der Waals surface area contributed by atoms with Gasteiger partial charge in [-0.1, -0.05) is 0 Å². The lowest BCUT2D eigenvalue weighted by Crippen LogP contribution is -2.13. The van der Waals surface area contributed by atoms with Crippen molar-refractivity contribution in [3.05, 3.63) is 0 Å². The monoisotopic (exact) mass is 140 g/mol. The van der Waals surface area contributed by atoms with Gasteiger partial charge in [0.1, 0.15) is 0 Å². The van der Waals surface area contributed by atoms with Crippen molar-refractivity contribution in [1.82, 2.24) is 0 Å². The summed E-state index contributed by atoms with van der Waals surface area (Å²) >= 11 is 0. The van der Waals surface area contributed by atoms with E-state index in [0.29, 0.717) is 0 Å². The Kier molecular flexibility index (Phi) is 3.99. The molecule has 0 atom stereocenters. The Bertz CT molecular complexity index is 50.0. The maximum Gasteiger partial charge on any atom is 0.260 e. The smallest absolute Gasteiger partial charge is 0.260 e. The van der Waals surface area contributed by atoms with Crippen LogP contribution in [0.2, 0.25) is 13.1 Å². The number of hydrogen-bond donors (Lipinski definition) is 0. The summed E-state index contributed by atoms with van der Waals surface area (Å²) < 4.78 is 27.3. The highest BCUT2D eigenvalue weighted by molar-refractivity contribution is 6.48. The maximum absolute atomic E-state index is 11.3. The van der Waals surface area contributed by atoms with Gasteiger partial charge in [-0.2, -0.15) is 0 Å². The summed E-state index contributed by atoms with van der Waals surface area (Å²) in [4.78, 5) is 0. The van der Waals surface area contributed by atoms with E-state index in [-0.39, 0.29) is 6.61 Å². The second-order valence-corrected chi connectivity index (χ2v) is 4.20. The van der Waals surface area contributed by atoms with Crippen LogP contribution in [-0.2, 0) is 4.43 Å². The summed E-state index contributed by atoms with van der Waals surface area (Å²) in [6, 6.07) is 0. The van der Waals surface area contributed by atoms with Crippen LogP contribution in [0.5, 0.6) is 0 Å². The van der Waals surface area contributed by atoms with Crippen molar-refractivity contribution in [1.29, 1.82) is 0 Å². The molecule has 0 rings (SSSR count). The Hall–Kier alpha value is 0.0369. The molecule has 0 fully saturated rings. The van der Waals surface area contributed by atoms with E-state index in [2.05, 4.69) is 0 Å². The van der Waals surface area contributed by atoms with Crippen LogP contribution in [0.1, 0.15) is 0 Å². The van der Waals surface area contributed by atoms with Crippen molar-refractivity contribution >= 4 is 9.04 Å². The predicted molar refractivity (Wildman–Crippen MR) is 30.8 cm³/mol. The third-order valence-corrected chi connectivity index (χ3v) is 1.41. The minimum Gasteiger partial charge on any atom is -0.415 e. The van der Waals surface area contributed by atoms with Crippen molar-refractivity contribution in [2.75, 3.05) is 6.61 Å². The molecule has 0 aromatic carbocycles. The topological polar surface area (TPSA) is 9.23 Å². The van der Waals surface area contributed by atoms with E-state index in [1.807, 2.05) is 13.1 Å². The van der Waals surface area contributed by atoms with Crippen LogP contribution in [0, 0.1) is 0 Å². The Labute approximate surface area is 49.4 Å². The molecule has 0 aliphatic heterocycles. The molecule has 4 heteroatoms. The molecule has 0 bridgehead atoms. The lowest BCUT2D eigenvalue weighted by molar-refractivity contribution is 0.0817. The van der Waals surface area contributed by atoms with Gasteiger partial charge in [0.25, 0.3) is 6.43 Å². The van der Waals surface area contributed by atoms with Crippen LogP contribution in [0.25, 0.3) is 0 Å². The molecule has 0 aliphatic carbocycles. The van der Waals surface area contributed by atoms with Gasteiger partial charge in [0.2, 0.25) is 0 Å². The molecule has 50 valence electrons. The molecule has 0 aliphatic rings. The maximum atomic E-state index is 11.3. The minimum absolute atomic E-state index is 0.385. The molecule has 0 unspecified atom stereocenters. The van der Waals surface area contributed by atoms with Crippen LogP contribution >= 0.6 is 0 Å². The van der Waals surface area contributed by atoms with Crippen LogP contribution in [0.3, 0.4) is 0 Å². The van der Waals surface area contributed by atoms with E-state index in [9.17, 15) is 8.78 Å². The fourth-order valence-electron chi connectivity index (χ4n) is 0.265. The van der Waals surface area contributed by atoms with Crippen molar-refractivity contribution in [2.45, 2.75) is 19.5 Å². The normalized spacial score (nSPS) is 11.2. The Morgan fingerprint density at radius 2 is 2.00 bits per heavy atom. The fraction of sp³-hybridized carbons (Fsp3) is 1.00. The SMILES string of the molecule is C[SiH](C)OCC(F)F. The van der Waals surface area contributed by atoms with E-state index >= 15 is 0 Å². The molecule has 0 N–H and O–H groups in total. The van der Waals surface area contributed by atoms with Crippen LogP contribution < -0.4 is 0 Å².